The van der Waals surface area contributed by atoms with Crippen molar-refractivity contribution in [1.29, 1.82) is 0 Å². The Morgan fingerprint density at radius 3 is 1.92 bits per heavy atom. The molecule has 0 bridgehead atoms. The highest BCUT2D eigenvalue weighted by Gasteiger charge is 2.33. The molecular weight excluding hydrogens is 168 g/mol. The Kier molecular flexibility index (Phi) is 5.91. The van der Waals surface area contributed by atoms with Crippen LogP contribution in [0.4, 0.5) is 0 Å². The Hall–Kier alpha value is -0.410. The lowest BCUT2D eigenvalue weighted by atomic mass is 9.76. The molecule has 3 nitrogen and oxygen atoms in total. The maximum Gasteiger partial charge on any atom is 0.120 e. The van der Waals surface area contributed by atoms with Crippen molar-refractivity contribution in [2.24, 2.45) is 11.3 Å². The van der Waals surface area contributed by atoms with E-state index in [-0.39, 0.29) is 5.41 Å². The lowest BCUT2D eigenvalue weighted by Gasteiger charge is -2.34. The molecule has 0 rings (SSSR count). The lowest BCUT2D eigenvalue weighted by Crippen LogP contribution is -2.37. The second kappa shape index (κ2) is 6.11. The van der Waals surface area contributed by atoms with Crippen molar-refractivity contribution in [3.05, 3.63) is 0 Å². The Morgan fingerprint density at radius 2 is 1.69 bits per heavy atom. The molecule has 78 valence electrons. The summed E-state index contributed by atoms with van der Waals surface area (Å²) in [4.78, 5) is 10.6. The van der Waals surface area contributed by atoms with E-state index in [1.807, 2.05) is 0 Å². The zero-order valence-electron chi connectivity index (χ0n) is 9.00. The van der Waals surface area contributed by atoms with Crippen LogP contribution in [-0.4, -0.2) is 33.7 Å². The number of carbonyl (C=O) groups is 1. The zero-order valence-corrected chi connectivity index (χ0v) is 9.00. The normalized spacial score (nSPS) is 12.1. The van der Waals surface area contributed by atoms with Gasteiger partial charge in [0.1, 0.15) is 6.29 Å². The van der Waals surface area contributed by atoms with E-state index >= 15 is 0 Å². The van der Waals surface area contributed by atoms with Gasteiger partial charge in [0.05, 0.1) is 13.2 Å². The number of methoxy groups -OCH3 is 2. The van der Waals surface area contributed by atoms with Gasteiger partial charge in [-0.2, -0.15) is 0 Å². The topological polar surface area (TPSA) is 35.5 Å². The Bertz CT molecular complexity index is 137. The third kappa shape index (κ3) is 3.44. The molecule has 0 fully saturated rings. The fourth-order valence-electron chi connectivity index (χ4n) is 1.47. The largest absolute Gasteiger partial charge is 0.384 e. The van der Waals surface area contributed by atoms with Gasteiger partial charge in [0.2, 0.25) is 0 Å². The molecular formula is C10H20O3. The van der Waals surface area contributed by atoms with Crippen molar-refractivity contribution in [3.63, 3.8) is 0 Å². The lowest BCUT2D eigenvalue weighted by molar-refractivity contribution is -0.114. The van der Waals surface area contributed by atoms with Crippen molar-refractivity contribution in [2.45, 2.75) is 20.3 Å². The van der Waals surface area contributed by atoms with Gasteiger partial charge in [-0.15, -0.1) is 0 Å². The molecule has 0 aromatic heterocycles. The van der Waals surface area contributed by atoms with Gasteiger partial charge in [-0.3, -0.25) is 0 Å². The smallest absolute Gasteiger partial charge is 0.120 e. The van der Waals surface area contributed by atoms with E-state index < -0.39 is 0 Å². The fourth-order valence-corrected chi connectivity index (χ4v) is 1.47. The summed E-state index contributed by atoms with van der Waals surface area (Å²) in [7, 11) is 3.30. The molecule has 0 unspecified atom stereocenters. The first-order valence-electron chi connectivity index (χ1n) is 4.54. The molecule has 0 atom stereocenters. The molecule has 0 aromatic carbocycles. The number of aldehydes is 1. The van der Waals surface area contributed by atoms with Crippen LogP contribution in [0, 0.1) is 11.3 Å². The summed E-state index contributed by atoms with van der Waals surface area (Å²) in [5.41, 5.74) is -0.161. The van der Waals surface area contributed by atoms with Crippen LogP contribution < -0.4 is 0 Å². The number of rotatable bonds is 7. The predicted molar refractivity (Wildman–Crippen MR) is 51.7 cm³/mol. The molecule has 0 aliphatic rings. The molecule has 3 heteroatoms. The average molecular weight is 188 g/mol. The summed E-state index contributed by atoms with van der Waals surface area (Å²) in [6.07, 6.45) is 1.43. The summed E-state index contributed by atoms with van der Waals surface area (Å²) in [5.74, 6) is 0.373. The summed E-state index contributed by atoms with van der Waals surface area (Å²) in [6.45, 7) is 5.30. The van der Waals surface area contributed by atoms with E-state index in [4.69, 9.17) is 9.47 Å². The summed E-state index contributed by atoms with van der Waals surface area (Å²) >= 11 is 0. The third-order valence-corrected chi connectivity index (χ3v) is 2.58. The second-order valence-corrected chi connectivity index (χ2v) is 3.75. The summed E-state index contributed by atoms with van der Waals surface area (Å²) < 4.78 is 10.3. The second-order valence-electron chi connectivity index (χ2n) is 3.75. The first-order chi connectivity index (χ1) is 6.13. The van der Waals surface area contributed by atoms with Crippen LogP contribution in [0.25, 0.3) is 0 Å². The molecule has 0 aliphatic heterocycles. The van der Waals surface area contributed by atoms with Crippen molar-refractivity contribution in [3.8, 4) is 0 Å². The molecule has 0 aliphatic carbocycles. The number of hydrogen-bond acceptors (Lipinski definition) is 3. The highest BCUT2D eigenvalue weighted by Crippen LogP contribution is 2.31. The van der Waals surface area contributed by atoms with Gasteiger partial charge in [-0.25, -0.2) is 0 Å². The molecule has 0 amide bonds. The van der Waals surface area contributed by atoms with E-state index in [2.05, 4.69) is 13.8 Å². The average Bonchev–Trinajstić information content (AvgIpc) is 2.05. The molecule has 0 saturated heterocycles. The Balaban J connectivity index is 4.47. The van der Waals surface area contributed by atoms with Gasteiger partial charge < -0.3 is 14.3 Å². The number of carbonyl (C=O) groups excluding carboxylic acids is 1. The predicted octanol–water partition coefficient (Wildman–Crippen LogP) is 1.51. The van der Waals surface area contributed by atoms with E-state index in [0.717, 1.165) is 6.29 Å². The Morgan fingerprint density at radius 1 is 1.23 bits per heavy atom. The highest BCUT2D eigenvalue weighted by atomic mass is 16.5. The monoisotopic (exact) mass is 188 g/mol. The van der Waals surface area contributed by atoms with Crippen LogP contribution in [0.15, 0.2) is 0 Å². The summed E-state index contributed by atoms with van der Waals surface area (Å²) in [5, 5.41) is 0. The maximum absolute atomic E-state index is 10.6. The fraction of sp³-hybridized carbons (Fsp3) is 0.900. The number of ether oxygens (including phenoxy) is 2. The first kappa shape index (κ1) is 12.6. The highest BCUT2D eigenvalue weighted by molar-refractivity contribution is 5.51. The molecule has 0 heterocycles. The van der Waals surface area contributed by atoms with Crippen molar-refractivity contribution in [2.75, 3.05) is 27.4 Å². The minimum atomic E-state index is -0.161. The van der Waals surface area contributed by atoms with Crippen molar-refractivity contribution < 1.29 is 14.3 Å². The quantitative estimate of drug-likeness (QED) is 0.568. The number of hydrogen-bond donors (Lipinski definition) is 0. The van der Waals surface area contributed by atoms with Crippen LogP contribution in [0.5, 0.6) is 0 Å². The molecule has 0 saturated carbocycles. The van der Waals surface area contributed by atoms with Crippen LogP contribution in [0.1, 0.15) is 20.3 Å². The van der Waals surface area contributed by atoms with E-state index in [9.17, 15) is 4.79 Å². The van der Waals surface area contributed by atoms with Crippen LogP contribution in [0.2, 0.25) is 0 Å². The maximum atomic E-state index is 10.6. The van der Waals surface area contributed by atoms with Gasteiger partial charge in [0.15, 0.2) is 0 Å². The van der Waals surface area contributed by atoms with Crippen LogP contribution >= 0.6 is 0 Å². The van der Waals surface area contributed by atoms with Gasteiger partial charge >= 0.3 is 0 Å². The SMILES string of the molecule is COCC(CC=O)(COC)C(C)C. The van der Waals surface area contributed by atoms with Crippen molar-refractivity contribution >= 4 is 6.29 Å². The van der Waals surface area contributed by atoms with Gasteiger partial charge in [0.25, 0.3) is 0 Å². The van der Waals surface area contributed by atoms with Gasteiger partial charge in [-0.05, 0) is 5.92 Å². The molecule has 0 aromatic rings. The summed E-state index contributed by atoms with van der Waals surface area (Å²) in [6, 6.07) is 0. The van der Waals surface area contributed by atoms with Crippen molar-refractivity contribution in [1.82, 2.24) is 0 Å². The van der Waals surface area contributed by atoms with E-state index in [0.29, 0.717) is 25.6 Å². The molecule has 0 N–H and O–H groups in total. The minimum absolute atomic E-state index is 0.161. The molecule has 0 radical (unpaired) electrons. The minimum Gasteiger partial charge on any atom is -0.384 e. The zero-order chi connectivity index (χ0) is 10.3. The van der Waals surface area contributed by atoms with Gasteiger partial charge in [0, 0.05) is 26.1 Å². The van der Waals surface area contributed by atoms with E-state index in [1.165, 1.54) is 0 Å². The van der Waals surface area contributed by atoms with Crippen LogP contribution in [-0.2, 0) is 14.3 Å². The molecule has 0 spiro atoms. The van der Waals surface area contributed by atoms with E-state index in [1.54, 1.807) is 14.2 Å². The standard InChI is InChI=1S/C10H20O3/c1-9(2)10(5-6-11,7-12-3)8-13-4/h6,9H,5,7-8H2,1-4H3. The Labute approximate surface area is 80.4 Å². The third-order valence-electron chi connectivity index (χ3n) is 2.58. The molecule has 13 heavy (non-hydrogen) atoms. The van der Waals surface area contributed by atoms with Gasteiger partial charge in [-0.1, -0.05) is 13.8 Å². The first-order valence-corrected chi connectivity index (χ1v) is 4.54. The van der Waals surface area contributed by atoms with Crippen LogP contribution in [0.3, 0.4) is 0 Å².